The Morgan fingerprint density at radius 1 is 1.09 bits per heavy atom. The Balaban J connectivity index is 1.26. The van der Waals surface area contributed by atoms with Crippen molar-refractivity contribution in [2.75, 3.05) is 43.0 Å². The number of hydrogen-bond acceptors (Lipinski definition) is 5. The number of para-hydroxylation sites is 1. The first kappa shape index (κ1) is 22.8. The number of anilines is 2. The van der Waals surface area contributed by atoms with Gasteiger partial charge in [-0.25, -0.2) is 0 Å². The Morgan fingerprint density at radius 3 is 2.70 bits per heavy atom. The highest BCUT2D eigenvalue weighted by atomic mass is 16.1. The average Bonchev–Trinajstić information content (AvgIpc) is 2.87. The van der Waals surface area contributed by atoms with Gasteiger partial charge in [0.2, 0.25) is 5.91 Å². The number of piperidine rings is 1. The number of rotatable bonds is 8. The molecule has 2 aromatic carbocycles. The summed E-state index contributed by atoms with van der Waals surface area (Å²) in [6, 6.07) is 22.6. The van der Waals surface area contributed by atoms with Gasteiger partial charge in [0.1, 0.15) is 0 Å². The topological polar surface area (TPSA) is 61.4 Å². The van der Waals surface area contributed by atoms with Crippen LogP contribution in [-0.4, -0.2) is 49.3 Å². The molecule has 2 heterocycles. The molecule has 0 aliphatic carbocycles. The van der Waals surface area contributed by atoms with E-state index in [1.165, 1.54) is 11.3 Å². The summed E-state index contributed by atoms with van der Waals surface area (Å²) in [6.07, 6.45) is 2.82. The van der Waals surface area contributed by atoms with Crippen LogP contribution in [0.25, 0.3) is 11.3 Å². The van der Waals surface area contributed by atoms with Crippen molar-refractivity contribution in [3.05, 3.63) is 72.3 Å². The SMILES string of the molecule is Cc1cccc(-c2ccc(N3CCC[C@@H](C(=O)NCCCN(C)c4ccccc4)C3)nn2)c1. The molecule has 1 aromatic heterocycles. The summed E-state index contributed by atoms with van der Waals surface area (Å²) in [4.78, 5) is 17.2. The zero-order valence-corrected chi connectivity index (χ0v) is 19.6. The summed E-state index contributed by atoms with van der Waals surface area (Å²) >= 11 is 0. The van der Waals surface area contributed by atoms with Crippen LogP contribution in [0.5, 0.6) is 0 Å². The molecule has 1 fully saturated rings. The highest BCUT2D eigenvalue weighted by Gasteiger charge is 2.26. The maximum Gasteiger partial charge on any atom is 0.224 e. The van der Waals surface area contributed by atoms with Crippen molar-refractivity contribution in [3.8, 4) is 11.3 Å². The highest BCUT2D eigenvalue weighted by Crippen LogP contribution is 2.24. The van der Waals surface area contributed by atoms with E-state index in [0.29, 0.717) is 13.1 Å². The van der Waals surface area contributed by atoms with Gasteiger partial charge in [-0.15, -0.1) is 10.2 Å². The van der Waals surface area contributed by atoms with Crippen LogP contribution in [0.15, 0.2) is 66.7 Å². The van der Waals surface area contributed by atoms with E-state index >= 15 is 0 Å². The maximum atomic E-state index is 12.8. The molecule has 1 amide bonds. The molecular formula is C27H33N5O. The highest BCUT2D eigenvalue weighted by molar-refractivity contribution is 5.79. The molecule has 1 aliphatic rings. The molecule has 6 nitrogen and oxygen atoms in total. The molecular weight excluding hydrogens is 410 g/mol. The third-order valence-electron chi connectivity index (χ3n) is 6.25. The van der Waals surface area contributed by atoms with E-state index in [1.807, 2.05) is 36.4 Å². The summed E-state index contributed by atoms with van der Waals surface area (Å²) < 4.78 is 0. The van der Waals surface area contributed by atoms with Gasteiger partial charge in [-0.2, -0.15) is 0 Å². The number of carbonyl (C=O) groups is 1. The number of amides is 1. The fraction of sp³-hybridized carbons (Fsp3) is 0.370. The lowest BCUT2D eigenvalue weighted by Crippen LogP contribution is -2.44. The van der Waals surface area contributed by atoms with Crippen LogP contribution in [0.1, 0.15) is 24.8 Å². The van der Waals surface area contributed by atoms with Crippen LogP contribution in [0, 0.1) is 12.8 Å². The third-order valence-corrected chi connectivity index (χ3v) is 6.25. The summed E-state index contributed by atoms with van der Waals surface area (Å²) in [7, 11) is 2.08. The van der Waals surface area contributed by atoms with E-state index in [0.717, 1.165) is 49.4 Å². The largest absolute Gasteiger partial charge is 0.375 e. The molecule has 1 N–H and O–H groups in total. The number of nitrogens with one attached hydrogen (secondary N) is 1. The molecule has 0 saturated carbocycles. The van der Waals surface area contributed by atoms with Crippen LogP contribution in [0.4, 0.5) is 11.5 Å². The van der Waals surface area contributed by atoms with Crippen LogP contribution in [0.3, 0.4) is 0 Å². The molecule has 4 rings (SSSR count). The Morgan fingerprint density at radius 2 is 1.94 bits per heavy atom. The fourth-order valence-electron chi connectivity index (χ4n) is 4.34. The van der Waals surface area contributed by atoms with Crippen LogP contribution < -0.4 is 15.1 Å². The number of carbonyl (C=O) groups excluding carboxylic acids is 1. The van der Waals surface area contributed by atoms with Gasteiger partial charge in [0.05, 0.1) is 11.6 Å². The van der Waals surface area contributed by atoms with Gasteiger partial charge >= 0.3 is 0 Å². The second kappa shape index (κ2) is 10.9. The minimum Gasteiger partial charge on any atom is -0.375 e. The first-order chi connectivity index (χ1) is 16.1. The van der Waals surface area contributed by atoms with Gasteiger partial charge in [-0.05, 0) is 56.5 Å². The Bertz CT molecular complexity index is 1040. The minimum absolute atomic E-state index is 0.0103. The molecule has 6 heteroatoms. The average molecular weight is 444 g/mol. The van der Waals surface area contributed by atoms with Crippen molar-refractivity contribution in [2.24, 2.45) is 5.92 Å². The molecule has 0 radical (unpaired) electrons. The van der Waals surface area contributed by atoms with E-state index in [4.69, 9.17) is 0 Å². The monoisotopic (exact) mass is 443 g/mol. The Labute approximate surface area is 196 Å². The lowest BCUT2D eigenvalue weighted by Gasteiger charge is -2.32. The van der Waals surface area contributed by atoms with E-state index < -0.39 is 0 Å². The Hall–Kier alpha value is -3.41. The van der Waals surface area contributed by atoms with Crippen molar-refractivity contribution >= 4 is 17.4 Å². The molecule has 1 saturated heterocycles. The summed E-state index contributed by atoms with van der Waals surface area (Å²) in [5.74, 6) is 0.976. The summed E-state index contributed by atoms with van der Waals surface area (Å²) in [5.41, 5.74) is 4.34. The van der Waals surface area contributed by atoms with Crippen molar-refractivity contribution < 1.29 is 4.79 Å². The maximum absolute atomic E-state index is 12.8. The first-order valence-electron chi connectivity index (χ1n) is 11.8. The van der Waals surface area contributed by atoms with Gasteiger partial charge in [-0.1, -0.05) is 42.0 Å². The number of aryl methyl sites for hydroxylation is 1. The second-order valence-electron chi connectivity index (χ2n) is 8.83. The Kier molecular flexibility index (Phi) is 7.55. The first-order valence-corrected chi connectivity index (χ1v) is 11.8. The summed E-state index contributed by atoms with van der Waals surface area (Å²) in [5, 5.41) is 12.0. The molecule has 3 aromatic rings. The van der Waals surface area contributed by atoms with E-state index in [2.05, 4.69) is 69.6 Å². The van der Waals surface area contributed by atoms with E-state index in [-0.39, 0.29) is 11.8 Å². The second-order valence-corrected chi connectivity index (χ2v) is 8.83. The van der Waals surface area contributed by atoms with Crippen LogP contribution in [0.2, 0.25) is 0 Å². The number of benzene rings is 2. The molecule has 1 aliphatic heterocycles. The van der Waals surface area contributed by atoms with Crippen molar-refractivity contribution in [3.63, 3.8) is 0 Å². The fourth-order valence-corrected chi connectivity index (χ4v) is 4.34. The summed E-state index contributed by atoms with van der Waals surface area (Å²) in [6.45, 7) is 5.27. The van der Waals surface area contributed by atoms with Crippen molar-refractivity contribution in [1.29, 1.82) is 0 Å². The van der Waals surface area contributed by atoms with Crippen LogP contribution >= 0.6 is 0 Å². The molecule has 33 heavy (non-hydrogen) atoms. The lowest BCUT2D eigenvalue weighted by molar-refractivity contribution is -0.125. The minimum atomic E-state index is -0.0103. The van der Waals surface area contributed by atoms with Gasteiger partial charge in [0, 0.05) is 44.5 Å². The van der Waals surface area contributed by atoms with E-state index in [9.17, 15) is 4.79 Å². The predicted octanol–water partition coefficient (Wildman–Crippen LogP) is 4.31. The van der Waals surface area contributed by atoms with Gasteiger partial charge in [0.15, 0.2) is 5.82 Å². The van der Waals surface area contributed by atoms with E-state index in [1.54, 1.807) is 0 Å². The quantitative estimate of drug-likeness (QED) is 0.526. The molecule has 0 bridgehead atoms. The molecule has 0 spiro atoms. The lowest BCUT2D eigenvalue weighted by atomic mass is 9.97. The normalized spacial score (nSPS) is 15.8. The smallest absolute Gasteiger partial charge is 0.224 e. The molecule has 0 unspecified atom stereocenters. The number of nitrogens with zero attached hydrogens (tertiary/aromatic N) is 4. The number of hydrogen-bond donors (Lipinski definition) is 1. The zero-order chi connectivity index (χ0) is 23.0. The van der Waals surface area contributed by atoms with Gasteiger partial charge < -0.3 is 15.1 Å². The van der Waals surface area contributed by atoms with Crippen molar-refractivity contribution in [2.45, 2.75) is 26.2 Å². The standard InChI is InChI=1S/C27H33N5O/c1-21-9-6-10-22(19-21)25-14-15-26(30-29-25)32-18-7-11-23(20-32)27(33)28-16-8-17-31(2)24-12-4-3-5-13-24/h3-6,9-10,12-15,19,23H,7-8,11,16-18,20H2,1-2H3,(H,28,33)/t23-/m1/s1. The third kappa shape index (κ3) is 6.09. The van der Waals surface area contributed by atoms with Gasteiger partial charge in [0.25, 0.3) is 0 Å². The molecule has 1 atom stereocenters. The molecule has 172 valence electrons. The zero-order valence-electron chi connectivity index (χ0n) is 19.6. The van der Waals surface area contributed by atoms with Crippen LogP contribution in [-0.2, 0) is 4.79 Å². The number of aromatic nitrogens is 2. The predicted molar refractivity (Wildman–Crippen MR) is 134 cm³/mol. The van der Waals surface area contributed by atoms with Crippen molar-refractivity contribution in [1.82, 2.24) is 15.5 Å². The van der Waals surface area contributed by atoms with Gasteiger partial charge in [-0.3, -0.25) is 4.79 Å².